The molecule has 2 N–H and O–H groups in total. The molecule has 0 aliphatic heterocycles. The Labute approximate surface area is 112 Å². The summed E-state index contributed by atoms with van der Waals surface area (Å²) in [6.45, 7) is 7.77. The summed E-state index contributed by atoms with van der Waals surface area (Å²) in [6.07, 6.45) is 2.47. The zero-order valence-electron chi connectivity index (χ0n) is 12.8. The van der Waals surface area contributed by atoms with Crippen LogP contribution in [0.25, 0.3) is 0 Å². The minimum atomic E-state index is 0.556. The van der Waals surface area contributed by atoms with Crippen molar-refractivity contribution in [2.24, 2.45) is 16.8 Å². The van der Waals surface area contributed by atoms with E-state index in [1.807, 2.05) is 7.05 Å². The Balaban J connectivity index is 2.34. The highest BCUT2D eigenvalue weighted by Crippen LogP contribution is 2.28. The van der Waals surface area contributed by atoms with E-state index >= 15 is 0 Å². The third kappa shape index (κ3) is 5.25. The molecule has 0 saturated heterocycles. The third-order valence-electron chi connectivity index (χ3n) is 3.63. The monoisotopic (exact) mass is 254 g/mol. The van der Waals surface area contributed by atoms with E-state index in [2.05, 4.69) is 55.4 Å². The fourth-order valence-corrected chi connectivity index (χ4v) is 2.13. The third-order valence-corrected chi connectivity index (χ3v) is 3.63. The van der Waals surface area contributed by atoms with Gasteiger partial charge in [-0.25, -0.2) is 0 Å². The topological polar surface area (TPSA) is 39.7 Å². The number of aliphatic imine (C=N–C) groups is 1. The summed E-state index contributed by atoms with van der Waals surface area (Å²) in [4.78, 5) is 6.58. The largest absolute Gasteiger partial charge is 0.355 e. The highest BCUT2D eigenvalue weighted by molar-refractivity contribution is 5.80. The molecule has 0 spiro atoms. The molecule has 1 fully saturated rings. The van der Waals surface area contributed by atoms with Gasteiger partial charge in [0.25, 0.3) is 0 Å². The maximum absolute atomic E-state index is 4.29. The van der Waals surface area contributed by atoms with Gasteiger partial charge in [-0.3, -0.25) is 4.99 Å². The fourth-order valence-electron chi connectivity index (χ4n) is 2.13. The summed E-state index contributed by atoms with van der Waals surface area (Å²) in [7, 11) is 6.14. The molecule has 0 aromatic heterocycles. The summed E-state index contributed by atoms with van der Waals surface area (Å²) in [5, 5.41) is 6.90. The summed E-state index contributed by atoms with van der Waals surface area (Å²) in [5.74, 6) is 2.46. The van der Waals surface area contributed by atoms with Crippen LogP contribution in [0, 0.1) is 11.8 Å². The van der Waals surface area contributed by atoms with Gasteiger partial charge in [0, 0.05) is 25.7 Å². The van der Waals surface area contributed by atoms with Crippen LogP contribution in [0.2, 0.25) is 0 Å². The first kappa shape index (κ1) is 15.3. The molecular formula is C14H30N4. The van der Waals surface area contributed by atoms with Crippen molar-refractivity contribution in [3.05, 3.63) is 0 Å². The van der Waals surface area contributed by atoms with Gasteiger partial charge in [-0.15, -0.1) is 0 Å². The highest BCUT2D eigenvalue weighted by Gasteiger charge is 2.33. The van der Waals surface area contributed by atoms with Crippen molar-refractivity contribution in [3.63, 3.8) is 0 Å². The molecule has 0 heterocycles. The smallest absolute Gasteiger partial charge is 0.191 e. The predicted octanol–water partition coefficient (Wildman–Crippen LogP) is 1.54. The maximum atomic E-state index is 4.29. The lowest BCUT2D eigenvalue weighted by atomic mass is 10.0. The van der Waals surface area contributed by atoms with Gasteiger partial charge in [-0.1, -0.05) is 20.8 Å². The van der Waals surface area contributed by atoms with Crippen LogP contribution in [0.5, 0.6) is 0 Å². The summed E-state index contributed by atoms with van der Waals surface area (Å²) >= 11 is 0. The molecule has 4 nitrogen and oxygen atoms in total. The second-order valence-corrected chi connectivity index (χ2v) is 6.16. The van der Waals surface area contributed by atoms with Crippen molar-refractivity contribution in [1.29, 1.82) is 0 Å². The van der Waals surface area contributed by atoms with Gasteiger partial charge in [0.15, 0.2) is 5.96 Å². The van der Waals surface area contributed by atoms with Crippen molar-refractivity contribution >= 4 is 5.96 Å². The van der Waals surface area contributed by atoms with Crippen LogP contribution in [0.15, 0.2) is 4.99 Å². The van der Waals surface area contributed by atoms with E-state index in [1.165, 1.54) is 12.8 Å². The van der Waals surface area contributed by atoms with Crippen molar-refractivity contribution in [2.45, 2.75) is 45.7 Å². The van der Waals surface area contributed by atoms with E-state index in [0.29, 0.717) is 12.1 Å². The second-order valence-electron chi connectivity index (χ2n) is 6.16. The molecule has 3 unspecified atom stereocenters. The molecule has 1 saturated carbocycles. The van der Waals surface area contributed by atoms with Gasteiger partial charge >= 0.3 is 0 Å². The molecular weight excluding hydrogens is 224 g/mol. The first-order chi connectivity index (χ1) is 8.43. The summed E-state index contributed by atoms with van der Waals surface area (Å²) in [6, 6.07) is 1.18. The van der Waals surface area contributed by atoms with Gasteiger partial charge in [-0.05, 0) is 38.8 Å². The van der Waals surface area contributed by atoms with Crippen LogP contribution in [-0.2, 0) is 0 Å². The van der Waals surface area contributed by atoms with Crippen LogP contribution >= 0.6 is 0 Å². The standard InChI is InChI=1S/C14H30N4/c1-10(2)7-12(18(5)6)9-16-14(15-4)17-13-8-11(13)3/h10-13H,7-9H2,1-6H3,(H2,15,16,17). The Morgan fingerprint density at radius 3 is 2.39 bits per heavy atom. The van der Waals surface area contributed by atoms with E-state index in [9.17, 15) is 0 Å². The zero-order chi connectivity index (χ0) is 13.7. The lowest BCUT2D eigenvalue weighted by molar-refractivity contribution is 0.254. The molecule has 3 atom stereocenters. The van der Waals surface area contributed by atoms with E-state index in [1.54, 1.807) is 0 Å². The van der Waals surface area contributed by atoms with Gasteiger partial charge in [0.2, 0.25) is 0 Å². The molecule has 4 heteroatoms. The molecule has 106 valence electrons. The normalized spacial score (nSPS) is 25.4. The number of hydrogen-bond acceptors (Lipinski definition) is 2. The molecule has 0 aromatic carbocycles. The van der Waals surface area contributed by atoms with E-state index in [4.69, 9.17) is 0 Å². The first-order valence-corrected chi connectivity index (χ1v) is 7.07. The minimum absolute atomic E-state index is 0.556. The Morgan fingerprint density at radius 1 is 1.39 bits per heavy atom. The van der Waals surface area contributed by atoms with Crippen LogP contribution in [-0.4, -0.2) is 50.6 Å². The summed E-state index contributed by atoms with van der Waals surface area (Å²) < 4.78 is 0. The van der Waals surface area contributed by atoms with Gasteiger partial charge in [0.1, 0.15) is 0 Å². The molecule has 0 bridgehead atoms. The lowest BCUT2D eigenvalue weighted by Gasteiger charge is -2.27. The molecule has 1 aliphatic carbocycles. The van der Waals surface area contributed by atoms with Crippen LogP contribution in [0.3, 0.4) is 0 Å². The fraction of sp³-hybridized carbons (Fsp3) is 0.929. The molecule has 0 amide bonds. The zero-order valence-corrected chi connectivity index (χ0v) is 12.8. The Hall–Kier alpha value is -0.770. The van der Waals surface area contributed by atoms with Crippen molar-refractivity contribution in [2.75, 3.05) is 27.7 Å². The average Bonchev–Trinajstić information content (AvgIpc) is 2.97. The van der Waals surface area contributed by atoms with E-state index < -0.39 is 0 Å². The Kier molecular flexibility index (Phi) is 5.93. The van der Waals surface area contributed by atoms with Crippen LogP contribution in [0.4, 0.5) is 0 Å². The molecule has 1 aliphatic rings. The number of rotatable bonds is 6. The van der Waals surface area contributed by atoms with Gasteiger partial charge in [0.05, 0.1) is 0 Å². The number of guanidine groups is 1. The van der Waals surface area contributed by atoms with Crippen LogP contribution < -0.4 is 10.6 Å². The van der Waals surface area contributed by atoms with Gasteiger partial charge < -0.3 is 15.5 Å². The highest BCUT2D eigenvalue weighted by atomic mass is 15.2. The van der Waals surface area contributed by atoms with Crippen molar-refractivity contribution in [3.8, 4) is 0 Å². The molecule has 1 rings (SSSR count). The Morgan fingerprint density at radius 2 is 2.00 bits per heavy atom. The number of nitrogens with one attached hydrogen (secondary N) is 2. The molecule has 18 heavy (non-hydrogen) atoms. The quantitative estimate of drug-likeness (QED) is 0.558. The Bertz CT molecular complexity index is 273. The lowest BCUT2D eigenvalue weighted by Crippen LogP contribution is -2.46. The first-order valence-electron chi connectivity index (χ1n) is 7.07. The van der Waals surface area contributed by atoms with Gasteiger partial charge in [-0.2, -0.15) is 0 Å². The van der Waals surface area contributed by atoms with E-state index in [-0.39, 0.29) is 0 Å². The number of likely N-dealkylation sites (N-methyl/N-ethyl adjacent to an activating group) is 1. The minimum Gasteiger partial charge on any atom is -0.355 e. The van der Waals surface area contributed by atoms with Crippen molar-refractivity contribution in [1.82, 2.24) is 15.5 Å². The maximum Gasteiger partial charge on any atom is 0.191 e. The number of nitrogens with zero attached hydrogens (tertiary/aromatic N) is 2. The van der Waals surface area contributed by atoms with Crippen LogP contribution in [0.1, 0.15) is 33.6 Å². The second kappa shape index (κ2) is 6.98. The average molecular weight is 254 g/mol. The molecule has 0 aromatic rings. The predicted molar refractivity (Wildman–Crippen MR) is 79.0 cm³/mol. The number of hydrogen-bond donors (Lipinski definition) is 2. The molecule has 0 radical (unpaired) electrons. The summed E-state index contributed by atoms with van der Waals surface area (Å²) in [5.41, 5.74) is 0. The SMILES string of the molecule is CN=C(NCC(CC(C)C)N(C)C)NC1CC1C. The van der Waals surface area contributed by atoms with E-state index in [0.717, 1.165) is 24.3 Å². The van der Waals surface area contributed by atoms with Crippen molar-refractivity contribution < 1.29 is 0 Å².